The van der Waals surface area contributed by atoms with Crippen LogP contribution in [0.25, 0.3) is 21.8 Å². The molecule has 0 saturated carbocycles. The highest BCUT2D eigenvalue weighted by molar-refractivity contribution is 5.86. The van der Waals surface area contributed by atoms with Gasteiger partial charge in [0.15, 0.2) is 0 Å². The minimum absolute atomic E-state index is 0.314. The van der Waals surface area contributed by atoms with Gasteiger partial charge in [0.2, 0.25) is 0 Å². The molecule has 0 unspecified atom stereocenters. The lowest BCUT2D eigenvalue weighted by Crippen LogP contribution is -2.12. The van der Waals surface area contributed by atoms with E-state index in [1.54, 1.807) is 16.8 Å². The zero-order chi connectivity index (χ0) is 24.0. The van der Waals surface area contributed by atoms with Gasteiger partial charge in [0.25, 0.3) is 0 Å². The highest BCUT2D eigenvalue weighted by Gasteiger charge is 2.06. The second-order valence-electron chi connectivity index (χ2n) is 7.87. The molecule has 178 valence electrons. The molecule has 0 bridgehead atoms. The number of anilines is 2. The lowest BCUT2D eigenvalue weighted by molar-refractivity contribution is 0.0928. The van der Waals surface area contributed by atoms with Gasteiger partial charge in [-0.3, -0.25) is 0 Å². The van der Waals surface area contributed by atoms with Crippen molar-refractivity contribution in [3.8, 4) is 11.5 Å². The van der Waals surface area contributed by atoms with E-state index in [9.17, 15) is 0 Å². The maximum Gasteiger partial charge on any atom is 0.134 e. The molecule has 10 heteroatoms. The van der Waals surface area contributed by atoms with Crippen LogP contribution in [-0.2, 0) is 17.9 Å². The number of pyridine rings is 2. The Balaban J connectivity index is 1.04. The van der Waals surface area contributed by atoms with Crippen molar-refractivity contribution >= 4 is 33.4 Å². The number of hydrogen-bond donors (Lipinski definition) is 2. The van der Waals surface area contributed by atoms with Gasteiger partial charge in [-0.25, -0.2) is 14.6 Å². The van der Waals surface area contributed by atoms with Crippen molar-refractivity contribution in [2.45, 2.75) is 13.2 Å². The Labute approximate surface area is 201 Å². The topological polar surface area (TPSA) is 136 Å². The molecule has 0 amide bonds. The molecule has 3 heterocycles. The molecule has 4 N–H and O–H groups in total. The molecule has 0 radical (unpaired) electrons. The summed E-state index contributed by atoms with van der Waals surface area (Å²) in [5.74, 6) is 2.46. The molecule has 0 aliphatic heterocycles. The second-order valence-corrected chi connectivity index (χ2v) is 7.87. The normalized spacial score (nSPS) is 11.2. The molecule has 0 aliphatic carbocycles. The van der Waals surface area contributed by atoms with Gasteiger partial charge in [0, 0.05) is 10.8 Å². The molecule has 5 rings (SSSR count). The van der Waals surface area contributed by atoms with E-state index >= 15 is 0 Å². The van der Waals surface area contributed by atoms with Crippen molar-refractivity contribution < 1.29 is 14.2 Å². The minimum Gasteiger partial charge on any atom is -0.490 e. The lowest BCUT2D eigenvalue weighted by Gasteiger charge is -2.10. The van der Waals surface area contributed by atoms with E-state index in [4.69, 9.17) is 25.7 Å². The van der Waals surface area contributed by atoms with Gasteiger partial charge in [0.05, 0.1) is 37.0 Å². The van der Waals surface area contributed by atoms with Crippen molar-refractivity contribution in [1.29, 1.82) is 0 Å². The predicted molar refractivity (Wildman–Crippen MR) is 133 cm³/mol. The summed E-state index contributed by atoms with van der Waals surface area (Å²) in [6, 6.07) is 18.7. The molecule has 0 aliphatic rings. The molecule has 5 aromatic rings. The van der Waals surface area contributed by atoms with Crippen LogP contribution < -0.4 is 20.9 Å². The minimum atomic E-state index is 0.314. The van der Waals surface area contributed by atoms with Gasteiger partial charge in [-0.05, 0) is 54.6 Å². The number of nitrogens with zero attached hydrogens (tertiary/aromatic N) is 5. The molecule has 10 nitrogen and oxygen atoms in total. The first-order chi connectivity index (χ1) is 17.1. The number of nitrogen functional groups attached to an aromatic ring is 2. The van der Waals surface area contributed by atoms with E-state index < -0.39 is 0 Å². The van der Waals surface area contributed by atoms with Gasteiger partial charge in [-0.1, -0.05) is 11.3 Å². The van der Waals surface area contributed by atoms with Crippen molar-refractivity contribution in [2.24, 2.45) is 0 Å². The fraction of sp³-hybridized carbons (Fsp3) is 0.200. The molecule has 0 atom stereocenters. The number of ether oxygens (including phenoxy) is 3. The van der Waals surface area contributed by atoms with E-state index in [-0.39, 0.29) is 0 Å². The first-order valence-corrected chi connectivity index (χ1v) is 11.2. The van der Waals surface area contributed by atoms with Crippen LogP contribution in [-0.4, -0.2) is 44.8 Å². The van der Waals surface area contributed by atoms with Gasteiger partial charge < -0.3 is 25.7 Å². The lowest BCUT2D eigenvalue weighted by atomic mass is 10.2. The summed E-state index contributed by atoms with van der Waals surface area (Å²) in [7, 11) is 0. The molecule has 0 spiro atoms. The van der Waals surface area contributed by atoms with Crippen LogP contribution in [0.1, 0.15) is 5.69 Å². The van der Waals surface area contributed by atoms with Gasteiger partial charge >= 0.3 is 0 Å². The third-order valence-corrected chi connectivity index (χ3v) is 5.32. The van der Waals surface area contributed by atoms with Gasteiger partial charge in [-0.15, -0.1) is 5.10 Å². The third kappa shape index (κ3) is 5.56. The highest BCUT2D eigenvalue weighted by atomic mass is 16.5. The van der Waals surface area contributed by atoms with Crippen molar-refractivity contribution in [3.63, 3.8) is 0 Å². The Hall–Kier alpha value is -4.44. The van der Waals surface area contributed by atoms with Crippen LogP contribution in [0.15, 0.2) is 66.9 Å². The van der Waals surface area contributed by atoms with Crippen LogP contribution >= 0.6 is 0 Å². The summed E-state index contributed by atoms with van der Waals surface area (Å²) in [6.45, 7) is 2.25. The fourth-order valence-electron chi connectivity index (χ4n) is 3.62. The van der Waals surface area contributed by atoms with Crippen LogP contribution in [0.3, 0.4) is 0 Å². The summed E-state index contributed by atoms with van der Waals surface area (Å²) >= 11 is 0. The van der Waals surface area contributed by atoms with E-state index in [0.29, 0.717) is 44.6 Å². The molecule has 0 saturated heterocycles. The summed E-state index contributed by atoms with van der Waals surface area (Å²) < 4.78 is 19.1. The largest absolute Gasteiger partial charge is 0.490 e. The van der Waals surface area contributed by atoms with Crippen LogP contribution in [0, 0.1) is 0 Å². The Bertz CT molecular complexity index is 1450. The quantitative estimate of drug-likeness (QED) is 0.294. The third-order valence-electron chi connectivity index (χ3n) is 5.32. The Morgan fingerprint density at radius 2 is 1.66 bits per heavy atom. The highest BCUT2D eigenvalue weighted by Crippen LogP contribution is 2.25. The number of hydrogen-bond acceptors (Lipinski definition) is 9. The van der Waals surface area contributed by atoms with E-state index in [0.717, 1.165) is 39.0 Å². The van der Waals surface area contributed by atoms with Gasteiger partial charge in [0.1, 0.15) is 42.0 Å². The first kappa shape index (κ1) is 22.4. The Morgan fingerprint density at radius 1 is 0.800 bits per heavy atom. The molecule has 2 aromatic carbocycles. The van der Waals surface area contributed by atoms with Crippen LogP contribution in [0.5, 0.6) is 11.5 Å². The monoisotopic (exact) mass is 471 g/mol. The number of nitrogens with two attached hydrogens (primary N) is 2. The van der Waals surface area contributed by atoms with Crippen molar-refractivity contribution in [1.82, 2.24) is 25.0 Å². The van der Waals surface area contributed by atoms with Gasteiger partial charge in [-0.2, -0.15) is 0 Å². The maximum atomic E-state index is 5.85. The summed E-state index contributed by atoms with van der Waals surface area (Å²) in [5, 5.41) is 10.2. The predicted octanol–water partition coefficient (Wildman–Crippen LogP) is 3.21. The average molecular weight is 472 g/mol. The number of benzene rings is 2. The zero-order valence-corrected chi connectivity index (χ0v) is 19.0. The Kier molecular flexibility index (Phi) is 6.53. The number of rotatable bonds is 10. The molecule has 0 fully saturated rings. The van der Waals surface area contributed by atoms with E-state index in [1.807, 2.05) is 54.7 Å². The van der Waals surface area contributed by atoms with Crippen molar-refractivity contribution in [3.05, 3.63) is 72.6 Å². The SMILES string of the molecule is Nc1ccc2cc(OCc3cn(CCOCCOc4cccc5nc(N)ccc45)nn3)ccc2n1. The van der Waals surface area contributed by atoms with E-state index in [1.165, 1.54) is 0 Å². The molecular formula is C25H25N7O3. The van der Waals surface area contributed by atoms with Crippen LogP contribution in [0.4, 0.5) is 11.6 Å². The van der Waals surface area contributed by atoms with Crippen LogP contribution in [0.2, 0.25) is 0 Å². The average Bonchev–Trinajstić information content (AvgIpc) is 3.32. The number of fused-ring (bicyclic) bond motifs is 2. The molecule has 35 heavy (non-hydrogen) atoms. The first-order valence-electron chi connectivity index (χ1n) is 11.2. The zero-order valence-electron chi connectivity index (χ0n) is 19.0. The molecule has 3 aromatic heterocycles. The fourth-order valence-corrected chi connectivity index (χ4v) is 3.62. The number of aromatic nitrogens is 5. The summed E-state index contributed by atoms with van der Waals surface area (Å²) in [5.41, 5.74) is 13.8. The summed E-state index contributed by atoms with van der Waals surface area (Å²) in [6.07, 6.45) is 1.85. The molecular weight excluding hydrogens is 446 g/mol. The smallest absolute Gasteiger partial charge is 0.134 e. The summed E-state index contributed by atoms with van der Waals surface area (Å²) in [4.78, 5) is 8.60. The second kappa shape index (κ2) is 10.2. The Morgan fingerprint density at radius 3 is 2.57 bits per heavy atom. The van der Waals surface area contributed by atoms with Crippen molar-refractivity contribution in [2.75, 3.05) is 31.3 Å². The maximum absolute atomic E-state index is 5.85. The standard InChI is InChI=1S/C25H25N7O3/c26-24-8-4-17-14-19(5-7-21(17)28-24)35-16-18-15-32(31-30-18)10-11-33-12-13-34-23-3-1-2-22-20(23)6-9-25(27)29-22/h1-9,14-15H,10-13,16H2,(H2,26,28)(H2,27,29). The van der Waals surface area contributed by atoms with E-state index in [2.05, 4.69) is 20.3 Å².